The van der Waals surface area contributed by atoms with Crippen molar-refractivity contribution in [2.45, 2.75) is 13.0 Å². The standard InChI is InChI=1S/C19H17NO3S/c1-2-21-14-7-5-6-13(10-14)15-12-24-19(20-15)18-11-22-16-8-3-4-9-17(16)23-18/h3-10,12,18H,2,11H2,1H3/t18-/m1/s1. The largest absolute Gasteiger partial charge is 0.494 e. The Hall–Kier alpha value is -2.53. The van der Waals surface area contributed by atoms with E-state index in [2.05, 4.69) is 0 Å². The van der Waals surface area contributed by atoms with Crippen molar-refractivity contribution in [2.75, 3.05) is 13.2 Å². The van der Waals surface area contributed by atoms with Gasteiger partial charge in [-0.2, -0.15) is 0 Å². The molecule has 0 amide bonds. The van der Waals surface area contributed by atoms with Gasteiger partial charge in [-0.05, 0) is 31.2 Å². The van der Waals surface area contributed by atoms with Gasteiger partial charge in [0.15, 0.2) is 17.6 Å². The second-order valence-corrected chi connectivity index (χ2v) is 6.29. The highest BCUT2D eigenvalue weighted by atomic mass is 32.1. The average molecular weight is 339 g/mol. The summed E-state index contributed by atoms with van der Waals surface area (Å²) in [7, 11) is 0. The van der Waals surface area contributed by atoms with Crippen LogP contribution >= 0.6 is 11.3 Å². The van der Waals surface area contributed by atoms with E-state index in [1.165, 1.54) is 0 Å². The summed E-state index contributed by atoms with van der Waals surface area (Å²) in [5.74, 6) is 2.41. The average Bonchev–Trinajstić information content (AvgIpc) is 3.12. The summed E-state index contributed by atoms with van der Waals surface area (Å²) >= 11 is 1.59. The SMILES string of the molecule is CCOc1cccc(-c2csc([C@H]3COc4ccccc4O3)n2)c1. The maximum Gasteiger partial charge on any atom is 0.184 e. The molecule has 0 saturated heterocycles. The monoisotopic (exact) mass is 339 g/mol. The van der Waals surface area contributed by atoms with Crippen LogP contribution in [-0.2, 0) is 0 Å². The van der Waals surface area contributed by atoms with Gasteiger partial charge >= 0.3 is 0 Å². The van der Waals surface area contributed by atoms with E-state index >= 15 is 0 Å². The van der Waals surface area contributed by atoms with E-state index < -0.39 is 0 Å². The Morgan fingerprint density at radius 3 is 2.92 bits per heavy atom. The van der Waals surface area contributed by atoms with Crippen LogP contribution in [0, 0.1) is 0 Å². The van der Waals surface area contributed by atoms with Gasteiger partial charge in [-0.15, -0.1) is 11.3 Å². The van der Waals surface area contributed by atoms with E-state index in [0.29, 0.717) is 13.2 Å². The predicted molar refractivity (Wildman–Crippen MR) is 94.0 cm³/mol. The van der Waals surface area contributed by atoms with Crippen molar-refractivity contribution in [2.24, 2.45) is 0 Å². The molecule has 1 atom stereocenters. The van der Waals surface area contributed by atoms with Gasteiger partial charge in [-0.3, -0.25) is 0 Å². The number of nitrogens with zero attached hydrogens (tertiary/aromatic N) is 1. The minimum Gasteiger partial charge on any atom is -0.494 e. The Kier molecular flexibility index (Phi) is 4.09. The molecule has 4 rings (SSSR count). The third-order valence-corrected chi connectivity index (χ3v) is 4.68. The number of fused-ring (bicyclic) bond motifs is 1. The van der Waals surface area contributed by atoms with Crippen LogP contribution in [0.2, 0.25) is 0 Å². The molecule has 2 aromatic carbocycles. The summed E-state index contributed by atoms with van der Waals surface area (Å²) in [5, 5.41) is 2.96. The van der Waals surface area contributed by atoms with Crippen LogP contribution in [0.15, 0.2) is 53.9 Å². The zero-order valence-electron chi connectivity index (χ0n) is 13.3. The number of aromatic nitrogens is 1. The van der Waals surface area contributed by atoms with E-state index in [1.54, 1.807) is 11.3 Å². The Balaban J connectivity index is 1.56. The molecular formula is C19H17NO3S. The van der Waals surface area contributed by atoms with E-state index in [-0.39, 0.29) is 6.10 Å². The minimum absolute atomic E-state index is 0.172. The topological polar surface area (TPSA) is 40.6 Å². The number of benzene rings is 2. The zero-order valence-corrected chi connectivity index (χ0v) is 14.1. The van der Waals surface area contributed by atoms with Crippen molar-refractivity contribution in [3.63, 3.8) is 0 Å². The van der Waals surface area contributed by atoms with Crippen LogP contribution in [0.3, 0.4) is 0 Å². The molecule has 0 unspecified atom stereocenters. The first-order valence-electron chi connectivity index (χ1n) is 7.90. The molecule has 0 spiro atoms. The second-order valence-electron chi connectivity index (χ2n) is 5.40. The second kappa shape index (κ2) is 6.53. The molecular weight excluding hydrogens is 322 g/mol. The molecule has 0 N–H and O–H groups in total. The lowest BCUT2D eigenvalue weighted by molar-refractivity contribution is 0.0911. The van der Waals surface area contributed by atoms with E-state index in [0.717, 1.165) is 33.5 Å². The maximum absolute atomic E-state index is 6.03. The lowest BCUT2D eigenvalue weighted by atomic mass is 10.1. The number of hydrogen-bond acceptors (Lipinski definition) is 5. The van der Waals surface area contributed by atoms with Gasteiger partial charge in [-0.1, -0.05) is 24.3 Å². The fraction of sp³-hybridized carbons (Fsp3) is 0.211. The quantitative estimate of drug-likeness (QED) is 0.689. The molecule has 122 valence electrons. The molecule has 3 aromatic rings. The normalized spacial score (nSPS) is 16.0. The summed E-state index contributed by atoms with van der Waals surface area (Å²) in [6, 6.07) is 15.7. The molecule has 5 heteroatoms. The van der Waals surface area contributed by atoms with Gasteiger partial charge in [0.25, 0.3) is 0 Å². The number of rotatable bonds is 4. The molecule has 24 heavy (non-hydrogen) atoms. The van der Waals surface area contributed by atoms with Crippen LogP contribution in [0.4, 0.5) is 0 Å². The molecule has 0 bridgehead atoms. The first-order valence-corrected chi connectivity index (χ1v) is 8.78. The number of ether oxygens (including phenoxy) is 3. The van der Waals surface area contributed by atoms with Crippen LogP contribution in [0.1, 0.15) is 18.0 Å². The van der Waals surface area contributed by atoms with Crippen molar-refractivity contribution in [3.05, 3.63) is 58.9 Å². The summed E-state index contributed by atoms with van der Waals surface area (Å²) in [6.07, 6.45) is -0.172. The Labute approximate surface area is 144 Å². The third kappa shape index (κ3) is 2.95. The predicted octanol–water partition coefficient (Wildman–Crippen LogP) is 4.72. The number of thiazole rings is 1. The van der Waals surface area contributed by atoms with Crippen molar-refractivity contribution in [1.82, 2.24) is 4.98 Å². The Morgan fingerprint density at radius 2 is 2.04 bits per heavy atom. The van der Waals surface area contributed by atoms with Crippen molar-refractivity contribution < 1.29 is 14.2 Å². The molecule has 0 saturated carbocycles. The summed E-state index contributed by atoms with van der Waals surface area (Å²) < 4.78 is 17.4. The van der Waals surface area contributed by atoms with Gasteiger partial charge in [-0.25, -0.2) is 4.98 Å². The van der Waals surface area contributed by atoms with Gasteiger partial charge in [0, 0.05) is 10.9 Å². The number of hydrogen-bond donors (Lipinski definition) is 0. The van der Waals surface area contributed by atoms with Gasteiger partial charge in [0.05, 0.1) is 12.3 Å². The van der Waals surface area contributed by atoms with E-state index in [4.69, 9.17) is 19.2 Å². The first-order chi connectivity index (χ1) is 11.8. The molecule has 0 radical (unpaired) electrons. The van der Waals surface area contributed by atoms with Gasteiger partial charge in [0.1, 0.15) is 17.4 Å². The van der Waals surface area contributed by atoms with Crippen LogP contribution in [-0.4, -0.2) is 18.2 Å². The molecule has 1 aliphatic rings. The summed E-state index contributed by atoms with van der Waals surface area (Å²) in [4.78, 5) is 4.74. The highest BCUT2D eigenvalue weighted by Gasteiger charge is 2.25. The van der Waals surface area contributed by atoms with Crippen LogP contribution in [0.5, 0.6) is 17.2 Å². The molecule has 0 fully saturated rings. The Bertz CT molecular complexity index is 846. The summed E-state index contributed by atoms with van der Waals surface area (Å²) in [6.45, 7) is 3.10. The minimum atomic E-state index is -0.172. The molecule has 1 aliphatic heterocycles. The molecule has 1 aromatic heterocycles. The first kappa shape index (κ1) is 15.0. The summed E-state index contributed by atoms with van der Waals surface area (Å²) in [5.41, 5.74) is 1.97. The lowest BCUT2D eigenvalue weighted by Gasteiger charge is -2.24. The lowest BCUT2D eigenvalue weighted by Crippen LogP contribution is -2.21. The Morgan fingerprint density at radius 1 is 1.17 bits per heavy atom. The van der Waals surface area contributed by atoms with Gasteiger partial charge < -0.3 is 14.2 Å². The van der Waals surface area contributed by atoms with E-state index in [9.17, 15) is 0 Å². The van der Waals surface area contributed by atoms with Crippen molar-refractivity contribution in [1.29, 1.82) is 0 Å². The molecule has 4 nitrogen and oxygen atoms in total. The zero-order chi connectivity index (χ0) is 16.4. The van der Waals surface area contributed by atoms with Crippen LogP contribution in [0.25, 0.3) is 11.3 Å². The smallest absolute Gasteiger partial charge is 0.184 e. The molecule has 2 heterocycles. The highest BCUT2D eigenvalue weighted by Crippen LogP contribution is 2.37. The number of para-hydroxylation sites is 2. The van der Waals surface area contributed by atoms with Crippen molar-refractivity contribution in [3.8, 4) is 28.5 Å². The van der Waals surface area contributed by atoms with Gasteiger partial charge in [0.2, 0.25) is 0 Å². The fourth-order valence-electron chi connectivity index (χ4n) is 2.62. The molecule has 0 aliphatic carbocycles. The highest BCUT2D eigenvalue weighted by molar-refractivity contribution is 7.10. The maximum atomic E-state index is 6.03. The third-order valence-electron chi connectivity index (χ3n) is 3.75. The van der Waals surface area contributed by atoms with Crippen molar-refractivity contribution >= 4 is 11.3 Å². The van der Waals surface area contributed by atoms with E-state index in [1.807, 2.05) is 60.8 Å². The fourth-order valence-corrected chi connectivity index (χ4v) is 3.46. The van der Waals surface area contributed by atoms with Crippen LogP contribution < -0.4 is 14.2 Å².